The lowest BCUT2D eigenvalue weighted by atomic mass is 10.0. The molecule has 0 aromatic carbocycles. The van der Waals surface area contributed by atoms with Gasteiger partial charge in [0.15, 0.2) is 0 Å². The van der Waals surface area contributed by atoms with Crippen LogP contribution in [-0.4, -0.2) is 28.5 Å². The summed E-state index contributed by atoms with van der Waals surface area (Å²) in [5.41, 5.74) is 8.20. The molecule has 0 radical (unpaired) electrons. The zero-order chi connectivity index (χ0) is 14.8. The number of aromatic nitrogens is 2. The predicted octanol–water partition coefficient (Wildman–Crippen LogP) is 2.30. The SMILES string of the molecule is Cc1nc(-c2c[nH]c(C(=O)NC3CCCC3CN)c2)cs1. The maximum Gasteiger partial charge on any atom is 0.267 e. The molecule has 0 spiro atoms. The summed E-state index contributed by atoms with van der Waals surface area (Å²) in [5, 5.41) is 6.12. The molecule has 21 heavy (non-hydrogen) atoms. The normalized spacial score (nSPS) is 21.6. The molecular formula is C15H20N4OS. The highest BCUT2D eigenvalue weighted by molar-refractivity contribution is 7.09. The smallest absolute Gasteiger partial charge is 0.267 e. The molecule has 2 atom stereocenters. The number of carbonyl (C=O) groups is 1. The molecule has 2 heterocycles. The van der Waals surface area contributed by atoms with Crippen LogP contribution in [0.4, 0.5) is 0 Å². The van der Waals surface area contributed by atoms with Crippen molar-refractivity contribution < 1.29 is 4.79 Å². The minimum absolute atomic E-state index is 0.0569. The maximum absolute atomic E-state index is 12.3. The van der Waals surface area contributed by atoms with E-state index in [1.165, 1.54) is 0 Å². The van der Waals surface area contributed by atoms with Gasteiger partial charge in [0.25, 0.3) is 5.91 Å². The number of hydrogen-bond donors (Lipinski definition) is 3. The fourth-order valence-corrected chi connectivity index (χ4v) is 3.55. The Labute approximate surface area is 128 Å². The van der Waals surface area contributed by atoms with E-state index in [9.17, 15) is 4.79 Å². The molecule has 1 amide bonds. The zero-order valence-electron chi connectivity index (χ0n) is 12.1. The summed E-state index contributed by atoms with van der Waals surface area (Å²) < 4.78 is 0. The average molecular weight is 304 g/mol. The summed E-state index contributed by atoms with van der Waals surface area (Å²) in [5.74, 6) is 0.350. The van der Waals surface area contributed by atoms with Crippen LogP contribution < -0.4 is 11.1 Å². The van der Waals surface area contributed by atoms with Crippen LogP contribution in [0.3, 0.4) is 0 Å². The molecule has 2 aromatic heterocycles. The summed E-state index contributed by atoms with van der Waals surface area (Å²) in [6.45, 7) is 2.61. The Bertz CT molecular complexity index is 633. The molecule has 1 fully saturated rings. The Morgan fingerprint density at radius 2 is 2.43 bits per heavy atom. The number of amides is 1. The lowest BCUT2D eigenvalue weighted by Gasteiger charge is -2.18. The largest absolute Gasteiger partial charge is 0.357 e. The highest BCUT2D eigenvalue weighted by Gasteiger charge is 2.27. The Morgan fingerprint density at radius 1 is 1.57 bits per heavy atom. The molecule has 112 valence electrons. The van der Waals surface area contributed by atoms with E-state index in [0.29, 0.717) is 18.2 Å². The first-order valence-electron chi connectivity index (χ1n) is 7.29. The molecule has 6 heteroatoms. The van der Waals surface area contributed by atoms with Crippen LogP contribution >= 0.6 is 11.3 Å². The van der Waals surface area contributed by atoms with Gasteiger partial charge in [-0.15, -0.1) is 11.3 Å². The van der Waals surface area contributed by atoms with Crippen molar-refractivity contribution in [2.45, 2.75) is 32.2 Å². The van der Waals surface area contributed by atoms with Crippen molar-refractivity contribution in [3.05, 3.63) is 28.3 Å². The fourth-order valence-electron chi connectivity index (χ4n) is 2.92. The van der Waals surface area contributed by atoms with Crippen LogP contribution in [-0.2, 0) is 0 Å². The van der Waals surface area contributed by atoms with E-state index in [4.69, 9.17) is 5.73 Å². The summed E-state index contributed by atoms with van der Waals surface area (Å²) in [7, 11) is 0. The Balaban J connectivity index is 1.69. The summed E-state index contributed by atoms with van der Waals surface area (Å²) in [6.07, 6.45) is 5.10. The van der Waals surface area contributed by atoms with Crippen molar-refractivity contribution in [3.63, 3.8) is 0 Å². The minimum Gasteiger partial charge on any atom is -0.357 e. The lowest BCUT2D eigenvalue weighted by Crippen LogP contribution is -2.39. The second-order valence-electron chi connectivity index (χ2n) is 5.56. The van der Waals surface area contributed by atoms with Crippen LogP contribution in [0, 0.1) is 12.8 Å². The van der Waals surface area contributed by atoms with Gasteiger partial charge in [-0.3, -0.25) is 4.79 Å². The van der Waals surface area contributed by atoms with Gasteiger partial charge in [-0.1, -0.05) is 6.42 Å². The third-order valence-corrected chi connectivity index (χ3v) is 4.89. The van der Waals surface area contributed by atoms with Crippen LogP contribution in [0.5, 0.6) is 0 Å². The number of nitrogens with two attached hydrogens (primary N) is 1. The summed E-state index contributed by atoms with van der Waals surface area (Å²) in [4.78, 5) is 19.8. The van der Waals surface area contributed by atoms with E-state index >= 15 is 0 Å². The number of thiazole rings is 1. The van der Waals surface area contributed by atoms with E-state index in [1.807, 2.05) is 24.6 Å². The molecule has 4 N–H and O–H groups in total. The fraction of sp³-hybridized carbons (Fsp3) is 0.467. The average Bonchev–Trinajstić information content (AvgIpc) is 3.17. The molecule has 1 saturated carbocycles. The first-order valence-corrected chi connectivity index (χ1v) is 8.17. The van der Waals surface area contributed by atoms with Crippen molar-refractivity contribution in [3.8, 4) is 11.3 Å². The first-order chi connectivity index (χ1) is 10.2. The monoisotopic (exact) mass is 304 g/mol. The van der Waals surface area contributed by atoms with Crippen molar-refractivity contribution in [1.82, 2.24) is 15.3 Å². The highest BCUT2D eigenvalue weighted by atomic mass is 32.1. The van der Waals surface area contributed by atoms with Gasteiger partial charge in [0.05, 0.1) is 10.7 Å². The van der Waals surface area contributed by atoms with Gasteiger partial charge in [-0.2, -0.15) is 0 Å². The van der Waals surface area contributed by atoms with Gasteiger partial charge in [-0.25, -0.2) is 4.98 Å². The third kappa shape index (κ3) is 3.01. The number of H-pyrrole nitrogens is 1. The zero-order valence-corrected chi connectivity index (χ0v) is 12.9. The third-order valence-electron chi connectivity index (χ3n) is 4.12. The van der Waals surface area contributed by atoms with E-state index < -0.39 is 0 Å². The second kappa shape index (κ2) is 5.99. The number of hydrogen-bond acceptors (Lipinski definition) is 4. The number of carbonyl (C=O) groups excluding carboxylic acids is 1. The van der Waals surface area contributed by atoms with E-state index in [-0.39, 0.29) is 11.9 Å². The molecule has 0 bridgehead atoms. The maximum atomic E-state index is 12.3. The van der Waals surface area contributed by atoms with Crippen molar-refractivity contribution in [1.29, 1.82) is 0 Å². The van der Waals surface area contributed by atoms with Gasteiger partial charge < -0.3 is 16.0 Å². The first kappa shape index (κ1) is 14.3. The molecule has 0 aliphatic heterocycles. The quantitative estimate of drug-likeness (QED) is 0.810. The minimum atomic E-state index is -0.0569. The van der Waals surface area contributed by atoms with Crippen LogP contribution in [0.2, 0.25) is 0 Å². The van der Waals surface area contributed by atoms with Gasteiger partial charge in [0.1, 0.15) is 5.69 Å². The molecule has 3 rings (SSSR count). The van der Waals surface area contributed by atoms with E-state index in [0.717, 1.165) is 35.5 Å². The molecule has 5 nitrogen and oxygen atoms in total. The number of nitrogens with zero attached hydrogens (tertiary/aromatic N) is 1. The second-order valence-corrected chi connectivity index (χ2v) is 6.62. The number of aryl methyl sites for hydroxylation is 1. The van der Waals surface area contributed by atoms with Crippen molar-refractivity contribution in [2.24, 2.45) is 11.7 Å². The van der Waals surface area contributed by atoms with Crippen LogP contribution in [0.25, 0.3) is 11.3 Å². The molecule has 0 saturated heterocycles. The van der Waals surface area contributed by atoms with Crippen molar-refractivity contribution >= 4 is 17.2 Å². The molecule has 1 aliphatic carbocycles. The number of rotatable bonds is 4. The van der Waals surface area contributed by atoms with Gasteiger partial charge in [0.2, 0.25) is 0 Å². The topological polar surface area (TPSA) is 83.8 Å². The Kier molecular flexibility index (Phi) is 4.07. The van der Waals surface area contributed by atoms with Gasteiger partial charge >= 0.3 is 0 Å². The molecular weight excluding hydrogens is 284 g/mol. The highest BCUT2D eigenvalue weighted by Crippen LogP contribution is 2.25. The summed E-state index contributed by atoms with van der Waals surface area (Å²) in [6, 6.07) is 2.06. The molecule has 2 unspecified atom stereocenters. The number of nitrogens with one attached hydrogen (secondary N) is 2. The number of aromatic amines is 1. The Hall–Kier alpha value is -1.66. The van der Waals surface area contributed by atoms with Crippen LogP contribution in [0.15, 0.2) is 17.6 Å². The summed E-state index contributed by atoms with van der Waals surface area (Å²) >= 11 is 1.61. The van der Waals surface area contributed by atoms with Crippen molar-refractivity contribution in [2.75, 3.05) is 6.54 Å². The molecule has 2 aromatic rings. The van der Waals surface area contributed by atoms with Gasteiger partial charge in [0, 0.05) is 23.2 Å². The van der Waals surface area contributed by atoms with E-state index in [1.54, 1.807) is 11.3 Å². The Morgan fingerprint density at radius 3 is 3.14 bits per heavy atom. The van der Waals surface area contributed by atoms with Crippen LogP contribution in [0.1, 0.15) is 34.8 Å². The predicted molar refractivity (Wildman–Crippen MR) is 84.3 cm³/mol. The van der Waals surface area contributed by atoms with Gasteiger partial charge in [-0.05, 0) is 38.3 Å². The standard InChI is InChI=1S/C15H20N4OS/c1-9-18-14(8-21-9)11-5-13(17-7-11)15(20)19-12-4-2-3-10(12)6-16/h5,7-8,10,12,17H,2-4,6,16H2,1H3,(H,19,20). The lowest BCUT2D eigenvalue weighted by molar-refractivity contribution is 0.0924. The molecule has 1 aliphatic rings. The van der Waals surface area contributed by atoms with E-state index in [2.05, 4.69) is 15.3 Å².